The van der Waals surface area contributed by atoms with Gasteiger partial charge in [-0.25, -0.2) is 9.97 Å². The fraction of sp³-hybridized carbons (Fsp3) is 0.389. The number of aromatic nitrogens is 2. The van der Waals surface area contributed by atoms with E-state index in [-0.39, 0.29) is 11.9 Å². The molecular formula is C18H22N4O2. The second-order valence-electron chi connectivity index (χ2n) is 5.91. The number of carbonyl (C=O) groups excluding carboxylic acids is 1. The van der Waals surface area contributed by atoms with Gasteiger partial charge >= 0.3 is 0 Å². The number of carbonyl (C=O) groups is 1. The molecule has 0 N–H and O–H groups in total. The van der Waals surface area contributed by atoms with Crippen molar-refractivity contribution >= 4 is 11.7 Å². The van der Waals surface area contributed by atoms with E-state index in [1.165, 1.54) is 7.11 Å². The van der Waals surface area contributed by atoms with Crippen LogP contribution in [0.2, 0.25) is 0 Å². The lowest BCUT2D eigenvalue weighted by atomic mass is 10.0. The molecule has 0 spiro atoms. The first-order valence-electron chi connectivity index (χ1n) is 8.13. The van der Waals surface area contributed by atoms with Crippen LogP contribution in [0, 0.1) is 0 Å². The molecule has 0 bridgehead atoms. The molecule has 6 nitrogen and oxygen atoms in total. The Balaban J connectivity index is 1.74. The summed E-state index contributed by atoms with van der Waals surface area (Å²) in [5.74, 6) is 1.27. The van der Waals surface area contributed by atoms with Gasteiger partial charge in [-0.1, -0.05) is 6.07 Å². The van der Waals surface area contributed by atoms with Crippen molar-refractivity contribution in [2.45, 2.75) is 18.9 Å². The average molecular weight is 326 g/mol. The lowest BCUT2D eigenvalue weighted by Gasteiger charge is -2.38. The van der Waals surface area contributed by atoms with Crippen LogP contribution in [0.4, 0.5) is 5.82 Å². The van der Waals surface area contributed by atoms with Gasteiger partial charge in [-0.2, -0.15) is 0 Å². The van der Waals surface area contributed by atoms with Crippen molar-refractivity contribution in [1.29, 1.82) is 0 Å². The van der Waals surface area contributed by atoms with Crippen LogP contribution in [0.25, 0.3) is 0 Å². The van der Waals surface area contributed by atoms with Crippen LogP contribution in [-0.2, 0) is 0 Å². The van der Waals surface area contributed by atoms with Gasteiger partial charge in [0.25, 0.3) is 5.91 Å². The number of likely N-dealkylation sites (N-methyl/N-ethyl adjacent to an activating group) is 1. The molecule has 6 heteroatoms. The first-order valence-corrected chi connectivity index (χ1v) is 8.13. The Kier molecular flexibility index (Phi) is 4.93. The summed E-state index contributed by atoms with van der Waals surface area (Å²) in [6.07, 6.45) is 5.44. The summed E-state index contributed by atoms with van der Waals surface area (Å²) in [5, 5.41) is 0. The Morgan fingerprint density at radius 2 is 2.08 bits per heavy atom. The smallest absolute Gasteiger partial charge is 0.259 e. The minimum atomic E-state index is -0.0622. The third-order valence-electron chi connectivity index (χ3n) is 4.43. The van der Waals surface area contributed by atoms with E-state index in [2.05, 4.69) is 14.9 Å². The van der Waals surface area contributed by atoms with Gasteiger partial charge in [0, 0.05) is 38.6 Å². The maximum absolute atomic E-state index is 12.8. The Morgan fingerprint density at radius 3 is 2.83 bits per heavy atom. The van der Waals surface area contributed by atoms with Crippen LogP contribution in [0.5, 0.6) is 5.88 Å². The summed E-state index contributed by atoms with van der Waals surface area (Å²) >= 11 is 0. The van der Waals surface area contributed by atoms with E-state index >= 15 is 0 Å². The fourth-order valence-corrected chi connectivity index (χ4v) is 3.09. The molecule has 1 aliphatic heterocycles. The van der Waals surface area contributed by atoms with Crippen LogP contribution in [0.15, 0.2) is 42.7 Å². The number of hydrogen-bond donors (Lipinski definition) is 0. The van der Waals surface area contributed by atoms with E-state index in [0.717, 1.165) is 31.7 Å². The van der Waals surface area contributed by atoms with Gasteiger partial charge in [-0.15, -0.1) is 0 Å². The van der Waals surface area contributed by atoms with E-state index < -0.39 is 0 Å². The number of nitrogens with zero attached hydrogens (tertiary/aromatic N) is 4. The first kappa shape index (κ1) is 16.2. The lowest BCUT2D eigenvalue weighted by molar-refractivity contribution is 0.0713. The highest BCUT2D eigenvalue weighted by Gasteiger charge is 2.28. The zero-order valence-corrected chi connectivity index (χ0v) is 14.1. The summed E-state index contributed by atoms with van der Waals surface area (Å²) < 4.78 is 5.22. The van der Waals surface area contributed by atoms with Crippen molar-refractivity contribution in [3.8, 4) is 5.88 Å². The maximum Gasteiger partial charge on any atom is 0.259 e. The zero-order chi connectivity index (χ0) is 16.9. The predicted octanol–water partition coefficient (Wildman–Crippen LogP) is 2.23. The minimum absolute atomic E-state index is 0.0622. The molecule has 1 fully saturated rings. The summed E-state index contributed by atoms with van der Waals surface area (Å²) in [4.78, 5) is 25.4. The molecule has 0 unspecified atom stereocenters. The molecule has 1 saturated heterocycles. The standard InChI is InChI=1S/C18H22N4O2/c1-21(18(23)15-8-5-11-20-17(15)24-2)14-7-6-12-22(13-14)16-9-3-4-10-19-16/h3-5,8-11,14H,6-7,12-13H2,1-2H3/t14-/m1/s1. The molecule has 3 rings (SSSR count). The lowest BCUT2D eigenvalue weighted by Crippen LogP contribution is -2.49. The SMILES string of the molecule is COc1ncccc1C(=O)N(C)[C@@H]1CCCN(c2ccccn2)C1. The third kappa shape index (κ3) is 3.32. The van der Waals surface area contributed by atoms with E-state index in [9.17, 15) is 4.79 Å². The average Bonchev–Trinajstić information content (AvgIpc) is 2.67. The molecule has 3 heterocycles. The number of hydrogen-bond acceptors (Lipinski definition) is 5. The molecule has 1 amide bonds. The van der Waals surface area contributed by atoms with Gasteiger partial charge in [0.15, 0.2) is 0 Å². The maximum atomic E-state index is 12.8. The van der Waals surface area contributed by atoms with E-state index in [1.54, 1.807) is 29.4 Å². The van der Waals surface area contributed by atoms with Gasteiger partial charge in [0.2, 0.25) is 5.88 Å². The van der Waals surface area contributed by atoms with Crippen molar-refractivity contribution in [2.75, 3.05) is 32.1 Å². The molecule has 126 valence electrons. The highest BCUT2D eigenvalue weighted by Crippen LogP contribution is 2.23. The van der Waals surface area contributed by atoms with Gasteiger partial charge in [-0.3, -0.25) is 4.79 Å². The van der Waals surface area contributed by atoms with E-state index in [0.29, 0.717) is 11.4 Å². The van der Waals surface area contributed by atoms with Crippen molar-refractivity contribution in [3.05, 3.63) is 48.3 Å². The summed E-state index contributed by atoms with van der Waals surface area (Å²) in [6.45, 7) is 1.74. The number of methoxy groups -OCH3 is 1. The largest absolute Gasteiger partial charge is 0.480 e. The Bertz CT molecular complexity index is 692. The summed E-state index contributed by atoms with van der Waals surface area (Å²) in [7, 11) is 3.38. The number of pyridine rings is 2. The monoisotopic (exact) mass is 326 g/mol. The predicted molar refractivity (Wildman–Crippen MR) is 92.4 cm³/mol. The summed E-state index contributed by atoms with van der Waals surface area (Å²) in [5.41, 5.74) is 0.498. The quantitative estimate of drug-likeness (QED) is 0.862. The van der Waals surface area contributed by atoms with Gasteiger partial charge in [0.1, 0.15) is 11.4 Å². The highest BCUT2D eigenvalue weighted by atomic mass is 16.5. The molecule has 0 aliphatic carbocycles. The Hall–Kier alpha value is -2.63. The van der Waals surface area contributed by atoms with Crippen LogP contribution in [-0.4, -0.2) is 54.1 Å². The van der Waals surface area contributed by atoms with Gasteiger partial charge in [-0.05, 0) is 37.1 Å². The molecule has 24 heavy (non-hydrogen) atoms. The molecule has 2 aromatic rings. The number of piperidine rings is 1. The Labute approximate surface area is 142 Å². The van der Waals surface area contributed by atoms with Crippen molar-refractivity contribution in [2.24, 2.45) is 0 Å². The van der Waals surface area contributed by atoms with Crippen LogP contribution in [0.3, 0.4) is 0 Å². The summed E-state index contributed by atoms with van der Waals surface area (Å²) in [6, 6.07) is 9.55. The van der Waals surface area contributed by atoms with Crippen molar-refractivity contribution < 1.29 is 9.53 Å². The fourth-order valence-electron chi connectivity index (χ4n) is 3.09. The molecule has 0 saturated carbocycles. The van der Waals surface area contributed by atoms with Crippen molar-refractivity contribution in [1.82, 2.24) is 14.9 Å². The van der Waals surface area contributed by atoms with Crippen LogP contribution in [0.1, 0.15) is 23.2 Å². The minimum Gasteiger partial charge on any atom is -0.480 e. The second-order valence-corrected chi connectivity index (χ2v) is 5.91. The second kappa shape index (κ2) is 7.29. The van der Waals surface area contributed by atoms with Crippen LogP contribution < -0.4 is 9.64 Å². The molecule has 0 radical (unpaired) electrons. The Morgan fingerprint density at radius 1 is 1.25 bits per heavy atom. The van der Waals surface area contributed by atoms with Gasteiger partial charge < -0.3 is 14.5 Å². The zero-order valence-electron chi connectivity index (χ0n) is 14.1. The first-order chi connectivity index (χ1) is 11.7. The number of amides is 1. The topological polar surface area (TPSA) is 58.6 Å². The van der Waals surface area contributed by atoms with Crippen LogP contribution >= 0.6 is 0 Å². The van der Waals surface area contributed by atoms with Gasteiger partial charge in [0.05, 0.1) is 7.11 Å². The number of anilines is 1. The molecule has 1 atom stereocenters. The highest BCUT2D eigenvalue weighted by molar-refractivity contribution is 5.96. The van der Waals surface area contributed by atoms with E-state index in [4.69, 9.17) is 4.74 Å². The number of ether oxygens (including phenoxy) is 1. The number of rotatable bonds is 4. The van der Waals surface area contributed by atoms with E-state index in [1.807, 2.05) is 25.2 Å². The molecular weight excluding hydrogens is 304 g/mol. The third-order valence-corrected chi connectivity index (χ3v) is 4.43. The molecule has 2 aromatic heterocycles. The molecule has 0 aromatic carbocycles. The molecule has 1 aliphatic rings. The van der Waals surface area contributed by atoms with Crippen molar-refractivity contribution in [3.63, 3.8) is 0 Å². The normalized spacial score (nSPS) is 17.4.